The van der Waals surface area contributed by atoms with Gasteiger partial charge in [-0.15, -0.1) is 10.2 Å². The molecule has 0 rings (SSSR count). The summed E-state index contributed by atoms with van der Waals surface area (Å²) in [4.78, 5) is 0. The van der Waals surface area contributed by atoms with E-state index in [0.717, 1.165) is 11.6 Å². The Morgan fingerprint density at radius 1 is 1.00 bits per heavy atom. The van der Waals surface area contributed by atoms with E-state index in [-0.39, 0.29) is 0 Å². The maximum atomic E-state index is 8.49. The van der Waals surface area contributed by atoms with Gasteiger partial charge in [-0.25, -0.2) is 18.6 Å². The molecule has 0 aromatic rings. The van der Waals surface area contributed by atoms with Crippen molar-refractivity contribution >= 4 is 0 Å². The van der Waals surface area contributed by atoms with Crippen LogP contribution in [0.4, 0.5) is 0 Å². The quantitative estimate of drug-likeness (QED) is 0.430. The number of nitriles is 1. The van der Waals surface area contributed by atoms with Crippen molar-refractivity contribution in [3.63, 3.8) is 0 Å². The van der Waals surface area contributed by atoms with Gasteiger partial charge in [-0.2, -0.15) is 5.26 Å². The Bertz CT molecular complexity index is 123. The van der Waals surface area contributed by atoms with Crippen molar-refractivity contribution in [1.82, 2.24) is 0 Å². The van der Waals surface area contributed by atoms with Crippen LogP contribution in [0.25, 0.3) is 0 Å². The van der Waals surface area contributed by atoms with Crippen LogP contribution < -0.4 is 18.6 Å². The summed E-state index contributed by atoms with van der Waals surface area (Å²) in [5.41, 5.74) is 0. The zero-order valence-corrected chi connectivity index (χ0v) is 10.6. The van der Waals surface area contributed by atoms with Crippen LogP contribution >= 0.6 is 0 Å². The van der Waals surface area contributed by atoms with Crippen molar-refractivity contribution in [2.45, 2.75) is 6.92 Å². The predicted molar refractivity (Wildman–Crippen MR) is 43.4 cm³/mol. The molecule has 0 unspecified atom stereocenters. The van der Waals surface area contributed by atoms with Crippen molar-refractivity contribution in [2.75, 3.05) is 35.3 Å². The van der Waals surface area contributed by atoms with Crippen molar-refractivity contribution in [3.05, 3.63) is 0 Å². The number of hydrogen-bond donors (Lipinski definition) is 1. The Labute approximate surface area is 92.7 Å². The third-order valence-electron chi connectivity index (χ3n) is 0. The summed E-state index contributed by atoms with van der Waals surface area (Å²) < 4.78 is 35.0. The van der Waals surface area contributed by atoms with Gasteiger partial charge in [-0.1, -0.05) is 0 Å². The second kappa shape index (κ2) is 13.5. The summed E-state index contributed by atoms with van der Waals surface area (Å²) in [5.74, 6) is 0. The highest BCUT2D eigenvalue weighted by molar-refractivity contribution is 4.51. The molecule has 0 spiro atoms. The van der Waals surface area contributed by atoms with Crippen LogP contribution in [0.1, 0.15) is 6.92 Å². The molecule has 15 heavy (non-hydrogen) atoms. The van der Waals surface area contributed by atoms with Crippen molar-refractivity contribution in [2.24, 2.45) is 0 Å². The second-order valence-electron chi connectivity index (χ2n) is 3.28. The minimum atomic E-state index is -4.94. The molecule has 0 aliphatic rings. The normalized spacial score (nSPS) is 8.93. The largest absolute Gasteiger partial charge is 0.400 e. The molecule has 7 nitrogen and oxygen atoms in total. The molecule has 0 amide bonds. The highest BCUT2D eigenvalue weighted by atomic mass is 35.7. The molecule has 8 heteroatoms. The number of halogens is 1. The van der Waals surface area contributed by atoms with E-state index in [1.807, 2.05) is 0 Å². The summed E-state index contributed by atoms with van der Waals surface area (Å²) in [7, 11) is 4.56. The molecule has 0 aliphatic carbocycles. The Hall–Kier alpha value is -0.460. The van der Waals surface area contributed by atoms with Crippen molar-refractivity contribution in [1.29, 1.82) is 5.26 Å². The molecule has 1 N–H and O–H groups in total. The summed E-state index contributed by atoms with van der Waals surface area (Å²) in [6.45, 7) is 1.43. The lowest BCUT2D eigenvalue weighted by atomic mass is 10.8. The van der Waals surface area contributed by atoms with E-state index in [1.165, 1.54) is 6.92 Å². The first-order valence-electron chi connectivity index (χ1n) is 3.58. The van der Waals surface area contributed by atoms with Crippen LogP contribution in [0.2, 0.25) is 0 Å². The van der Waals surface area contributed by atoms with Crippen LogP contribution in [0.5, 0.6) is 0 Å². The zero-order valence-electron chi connectivity index (χ0n) is 9.85. The van der Waals surface area contributed by atoms with E-state index in [1.54, 1.807) is 6.07 Å². The smallest absolute Gasteiger partial charge is 0.0675 e. The average molecular weight is 247 g/mol. The van der Waals surface area contributed by atoms with Gasteiger partial charge in [0.15, 0.2) is 0 Å². The van der Waals surface area contributed by atoms with Gasteiger partial charge >= 0.3 is 0 Å². The first kappa shape index (κ1) is 24.0. The summed E-state index contributed by atoms with van der Waals surface area (Å²) in [6.07, 6.45) is 0. The molecular formula is C7H19ClN2O5. The average Bonchev–Trinajstić information content (AvgIpc) is 1.84. The van der Waals surface area contributed by atoms with Crippen LogP contribution in [0.15, 0.2) is 0 Å². The van der Waals surface area contributed by atoms with Gasteiger partial charge in [0.05, 0.1) is 34.3 Å². The van der Waals surface area contributed by atoms with Gasteiger partial charge in [0.2, 0.25) is 0 Å². The van der Waals surface area contributed by atoms with Crippen LogP contribution in [-0.4, -0.2) is 44.9 Å². The van der Waals surface area contributed by atoms with Gasteiger partial charge < -0.3 is 9.59 Å². The minimum Gasteiger partial charge on any atom is -0.400 e. The highest BCUT2D eigenvalue weighted by Gasteiger charge is 1.88. The number of aliphatic hydroxyl groups is 1. The van der Waals surface area contributed by atoms with E-state index < -0.39 is 10.2 Å². The van der Waals surface area contributed by atoms with Crippen molar-refractivity contribution in [3.8, 4) is 6.07 Å². The molecule has 0 radical (unpaired) electrons. The lowest BCUT2D eigenvalue weighted by molar-refractivity contribution is -2.00. The number of nitrogens with zero attached hydrogens (tertiary/aromatic N) is 2. The van der Waals surface area contributed by atoms with Gasteiger partial charge in [-0.3, -0.25) is 0 Å². The number of hydrogen-bond acceptors (Lipinski definition) is 6. The Balaban J connectivity index is -0.0000000574. The third-order valence-corrected chi connectivity index (χ3v) is 0. The Morgan fingerprint density at radius 3 is 1.00 bits per heavy atom. The zero-order chi connectivity index (χ0) is 13.7. The molecule has 0 aromatic carbocycles. The fourth-order valence-corrected chi connectivity index (χ4v) is 0. The lowest BCUT2D eigenvalue weighted by Crippen LogP contribution is -2.68. The fraction of sp³-hybridized carbons (Fsp3) is 0.857. The maximum absolute atomic E-state index is 8.49. The summed E-state index contributed by atoms with van der Waals surface area (Å²) in [5, 5.41) is 14.3. The highest BCUT2D eigenvalue weighted by Crippen LogP contribution is 1.73. The predicted octanol–water partition coefficient (Wildman–Crippen LogP) is -4.30. The minimum absolute atomic E-state index is 1.00. The van der Waals surface area contributed by atoms with Gasteiger partial charge in [-0.05, 0) is 0 Å². The molecule has 0 fully saturated rings. The molecule has 0 aromatic heterocycles. The van der Waals surface area contributed by atoms with Gasteiger partial charge in [0, 0.05) is 14.0 Å². The topological polar surface area (TPSA) is 136 Å². The van der Waals surface area contributed by atoms with E-state index in [9.17, 15) is 0 Å². The van der Waals surface area contributed by atoms with E-state index >= 15 is 0 Å². The van der Waals surface area contributed by atoms with Crippen LogP contribution in [0, 0.1) is 21.6 Å². The standard InChI is InChI=1S/C4H12N.C2H3N.CH4O.ClHO4/c1-5(2,3)4;1-2-3;1-2;2-1(3,4)5/h1-4H3;1H3;2H,1H3;(H,2,3,4,5)/q+1;;;/p-1. The maximum Gasteiger partial charge on any atom is 0.0675 e. The van der Waals surface area contributed by atoms with E-state index in [2.05, 4.69) is 28.2 Å². The third kappa shape index (κ3) is 8520. The Kier molecular flexibility index (Phi) is 21.7. The van der Waals surface area contributed by atoms with E-state index in [4.69, 9.17) is 29.0 Å². The lowest BCUT2D eigenvalue weighted by Gasteiger charge is -2.17. The van der Waals surface area contributed by atoms with Crippen LogP contribution in [-0.2, 0) is 0 Å². The molecule has 0 heterocycles. The molecule has 0 atom stereocenters. The first-order chi connectivity index (χ1) is 6.41. The fourth-order valence-electron chi connectivity index (χ4n) is 0. The molecule has 0 saturated heterocycles. The van der Waals surface area contributed by atoms with E-state index in [0.29, 0.717) is 0 Å². The molecule has 0 aliphatic heterocycles. The number of aliphatic hydroxyl groups excluding tert-OH is 1. The summed E-state index contributed by atoms with van der Waals surface area (Å²) >= 11 is 0. The van der Waals surface area contributed by atoms with Crippen molar-refractivity contribution < 1.29 is 38.5 Å². The molecule has 0 saturated carbocycles. The SMILES string of the molecule is CC#N.CO.C[N+](C)(C)C.[O-][Cl+3]([O-])([O-])[O-]. The second-order valence-corrected chi connectivity index (χ2v) is 4.04. The number of quaternary nitrogens is 1. The number of rotatable bonds is 0. The van der Waals surface area contributed by atoms with Gasteiger partial charge in [0.25, 0.3) is 0 Å². The first-order valence-corrected chi connectivity index (χ1v) is 4.81. The Morgan fingerprint density at radius 2 is 1.00 bits per heavy atom. The van der Waals surface area contributed by atoms with Crippen LogP contribution in [0.3, 0.4) is 0 Å². The molecule has 94 valence electrons. The summed E-state index contributed by atoms with van der Waals surface area (Å²) in [6, 6.07) is 1.75. The molecular weight excluding hydrogens is 228 g/mol. The van der Waals surface area contributed by atoms with Gasteiger partial charge in [0.1, 0.15) is 0 Å². The molecule has 0 bridgehead atoms. The monoisotopic (exact) mass is 246 g/mol.